The molecule has 0 amide bonds. The predicted molar refractivity (Wildman–Crippen MR) is 144 cm³/mol. The van der Waals surface area contributed by atoms with Gasteiger partial charge in [-0.25, -0.2) is 4.98 Å². The van der Waals surface area contributed by atoms with Crippen molar-refractivity contribution in [1.82, 2.24) is 20.6 Å². The molecule has 0 fully saturated rings. The Hall–Kier alpha value is -3.40. The van der Waals surface area contributed by atoms with Crippen LogP contribution in [0.1, 0.15) is 22.5 Å². The third-order valence-electron chi connectivity index (χ3n) is 5.01. The van der Waals surface area contributed by atoms with Crippen molar-refractivity contribution in [1.29, 1.82) is 0 Å². The molecule has 0 aliphatic rings. The number of pyridine rings is 1. The van der Waals surface area contributed by atoms with E-state index in [0.717, 1.165) is 28.3 Å². The van der Waals surface area contributed by atoms with Crippen LogP contribution in [0.4, 0.5) is 0 Å². The van der Waals surface area contributed by atoms with Crippen molar-refractivity contribution in [2.75, 3.05) is 7.05 Å². The fourth-order valence-electron chi connectivity index (χ4n) is 3.14. The topological polar surface area (TPSA) is 84.6 Å². The molecule has 34 heavy (non-hydrogen) atoms. The summed E-state index contributed by atoms with van der Waals surface area (Å²) < 4.78 is 11.4. The Morgan fingerprint density at radius 3 is 2.41 bits per heavy atom. The van der Waals surface area contributed by atoms with Gasteiger partial charge in [0.05, 0.1) is 17.9 Å². The highest BCUT2D eigenvalue weighted by molar-refractivity contribution is 14.0. The second-order valence-electron chi connectivity index (χ2n) is 7.54. The van der Waals surface area contributed by atoms with Gasteiger partial charge in [-0.15, -0.1) is 24.0 Å². The zero-order valence-electron chi connectivity index (χ0n) is 19.2. The molecule has 0 aliphatic carbocycles. The number of aryl methyl sites for hydroxylation is 1. The van der Waals surface area contributed by atoms with Crippen LogP contribution in [0.25, 0.3) is 11.5 Å². The molecule has 0 unspecified atom stereocenters. The molecule has 8 heteroatoms. The SMILES string of the molecule is CN=C(NCc1ccc(OCc2ccccn2)cc1)NCc1coc(-c2ccc(C)cc2)n1.I. The molecule has 0 radical (unpaired) electrons. The van der Waals surface area contributed by atoms with Crippen LogP contribution in [0.3, 0.4) is 0 Å². The summed E-state index contributed by atoms with van der Waals surface area (Å²) in [6, 6.07) is 21.9. The number of hydrogen-bond donors (Lipinski definition) is 2. The van der Waals surface area contributed by atoms with E-state index in [9.17, 15) is 0 Å². The molecule has 4 aromatic rings. The van der Waals surface area contributed by atoms with Gasteiger partial charge in [0.2, 0.25) is 5.89 Å². The first-order valence-corrected chi connectivity index (χ1v) is 10.8. The maximum atomic E-state index is 5.79. The maximum absolute atomic E-state index is 5.79. The van der Waals surface area contributed by atoms with Gasteiger partial charge in [0.15, 0.2) is 5.96 Å². The van der Waals surface area contributed by atoms with Gasteiger partial charge in [0.25, 0.3) is 0 Å². The molecule has 176 valence electrons. The number of aliphatic imine (C=N–C) groups is 1. The number of oxazole rings is 1. The van der Waals surface area contributed by atoms with Crippen LogP contribution in [-0.2, 0) is 19.7 Å². The summed E-state index contributed by atoms with van der Waals surface area (Å²) in [5.74, 6) is 2.10. The molecule has 4 rings (SSSR count). The largest absolute Gasteiger partial charge is 0.487 e. The zero-order valence-corrected chi connectivity index (χ0v) is 21.5. The van der Waals surface area contributed by atoms with Crippen molar-refractivity contribution in [3.63, 3.8) is 0 Å². The molecule has 2 aromatic heterocycles. The van der Waals surface area contributed by atoms with Gasteiger partial charge in [-0.3, -0.25) is 9.98 Å². The van der Waals surface area contributed by atoms with E-state index in [1.54, 1.807) is 19.5 Å². The van der Waals surface area contributed by atoms with E-state index in [0.29, 0.717) is 31.5 Å². The number of rotatable bonds is 8. The molecule has 0 spiro atoms. The van der Waals surface area contributed by atoms with E-state index >= 15 is 0 Å². The fourth-order valence-corrected chi connectivity index (χ4v) is 3.14. The summed E-state index contributed by atoms with van der Waals surface area (Å²) >= 11 is 0. The lowest BCUT2D eigenvalue weighted by molar-refractivity contribution is 0.301. The van der Waals surface area contributed by atoms with E-state index in [1.165, 1.54) is 5.56 Å². The Balaban J connectivity index is 0.00000324. The number of hydrogen-bond acceptors (Lipinski definition) is 5. The van der Waals surface area contributed by atoms with Crippen molar-refractivity contribution in [2.45, 2.75) is 26.6 Å². The minimum atomic E-state index is 0. The van der Waals surface area contributed by atoms with Crippen molar-refractivity contribution in [3.8, 4) is 17.2 Å². The molecular weight excluding hydrogens is 541 g/mol. The number of nitrogens with zero attached hydrogens (tertiary/aromatic N) is 3. The van der Waals surface area contributed by atoms with Crippen LogP contribution in [-0.4, -0.2) is 23.0 Å². The van der Waals surface area contributed by atoms with Gasteiger partial charge in [-0.1, -0.05) is 35.9 Å². The molecule has 0 aliphatic heterocycles. The number of halogens is 1. The number of aromatic nitrogens is 2. The molecule has 0 saturated heterocycles. The van der Waals surface area contributed by atoms with Crippen LogP contribution in [0.15, 0.2) is 88.6 Å². The Morgan fingerprint density at radius 1 is 0.941 bits per heavy atom. The third kappa shape index (κ3) is 7.31. The molecule has 0 saturated carbocycles. The maximum Gasteiger partial charge on any atom is 0.226 e. The first-order valence-electron chi connectivity index (χ1n) is 10.8. The molecular formula is C26H28IN5O2. The summed E-state index contributed by atoms with van der Waals surface area (Å²) in [6.07, 6.45) is 3.43. The summed E-state index contributed by atoms with van der Waals surface area (Å²) in [5, 5.41) is 6.57. The number of guanidine groups is 1. The average Bonchev–Trinajstić information content (AvgIpc) is 3.34. The van der Waals surface area contributed by atoms with Gasteiger partial charge in [-0.2, -0.15) is 0 Å². The highest BCUT2D eigenvalue weighted by Crippen LogP contribution is 2.19. The van der Waals surface area contributed by atoms with Gasteiger partial charge < -0.3 is 19.8 Å². The molecule has 2 N–H and O–H groups in total. The number of nitrogens with one attached hydrogen (secondary N) is 2. The van der Waals surface area contributed by atoms with E-state index in [4.69, 9.17) is 9.15 Å². The molecule has 0 atom stereocenters. The van der Waals surface area contributed by atoms with Crippen LogP contribution in [0.2, 0.25) is 0 Å². The first-order chi connectivity index (χ1) is 16.2. The molecule has 2 heterocycles. The van der Waals surface area contributed by atoms with Gasteiger partial charge in [0.1, 0.15) is 18.6 Å². The van der Waals surface area contributed by atoms with E-state index in [-0.39, 0.29) is 24.0 Å². The van der Waals surface area contributed by atoms with Crippen molar-refractivity contribution in [3.05, 3.63) is 102 Å². The lowest BCUT2D eigenvalue weighted by Crippen LogP contribution is -2.36. The van der Waals surface area contributed by atoms with Gasteiger partial charge in [-0.05, 0) is 48.9 Å². The third-order valence-corrected chi connectivity index (χ3v) is 5.01. The van der Waals surface area contributed by atoms with Crippen LogP contribution in [0, 0.1) is 6.92 Å². The highest BCUT2D eigenvalue weighted by Gasteiger charge is 2.07. The first kappa shape index (κ1) is 25.2. The minimum absolute atomic E-state index is 0. The van der Waals surface area contributed by atoms with Crippen molar-refractivity contribution >= 4 is 29.9 Å². The Labute approximate surface area is 216 Å². The van der Waals surface area contributed by atoms with E-state index in [2.05, 4.69) is 32.5 Å². The molecule has 7 nitrogen and oxygen atoms in total. The summed E-state index contributed by atoms with van der Waals surface area (Å²) in [6.45, 7) is 3.64. The fraction of sp³-hybridized carbons (Fsp3) is 0.192. The van der Waals surface area contributed by atoms with Crippen molar-refractivity contribution in [2.24, 2.45) is 4.99 Å². The lowest BCUT2D eigenvalue weighted by atomic mass is 10.1. The standard InChI is InChI=1S/C26H27N5O2.HI/c1-19-6-10-21(11-7-19)25-31-23(18-33-25)16-30-26(27-2)29-15-20-8-12-24(13-9-20)32-17-22-5-3-4-14-28-22;/h3-14,18H,15-17H2,1-2H3,(H2,27,29,30);1H. The predicted octanol–water partition coefficient (Wildman–Crippen LogP) is 5.11. The highest BCUT2D eigenvalue weighted by atomic mass is 127. The quantitative estimate of drug-likeness (QED) is 0.174. The van der Waals surface area contributed by atoms with Crippen LogP contribution < -0.4 is 15.4 Å². The average molecular weight is 569 g/mol. The Bertz CT molecular complexity index is 1180. The van der Waals surface area contributed by atoms with Gasteiger partial charge >= 0.3 is 0 Å². The summed E-state index contributed by atoms with van der Waals surface area (Å²) in [5.41, 5.74) is 4.99. The molecule has 2 aromatic carbocycles. The normalized spacial score (nSPS) is 10.9. The monoisotopic (exact) mass is 569 g/mol. The summed E-state index contributed by atoms with van der Waals surface area (Å²) in [4.78, 5) is 13.1. The van der Waals surface area contributed by atoms with Crippen molar-refractivity contribution < 1.29 is 9.15 Å². The Morgan fingerprint density at radius 2 is 1.71 bits per heavy atom. The lowest BCUT2D eigenvalue weighted by Gasteiger charge is -2.11. The Kier molecular flexibility index (Phi) is 9.45. The van der Waals surface area contributed by atoms with Crippen LogP contribution >= 0.6 is 24.0 Å². The smallest absolute Gasteiger partial charge is 0.226 e. The number of ether oxygens (including phenoxy) is 1. The second-order valence-corrected chi connectivity index (χ2v) is 7.54. The second kappa shape index (κ2) is 12.7. The summed E-state index contributed by atoms with van der Waals surface area (Å²) in [7, 11) is 1.74. The van der Waals surface area contributed by atoms with E-state index < -0.39 is 0 Å². The van der Waals surface area contributed by atoms with E-state index in [1.807, 2.05) is 66.7 Å². The van der Waals surface area contributed by atoms with Crippen LogP contribution in [0.5, 0.6) is 5.75 Å². The molecule has 0 bridgehead atoms. The minimum Gasteiger partial charge on any atom is -0.487 e. The number of benzene rings is 2. The van der Waals surface area contributed by atoms with Gasteiger partial charge in [0, 0.05) is 25.4 Å². The zero-order chi connectivity index (χ0) is 22.9.